The van der Waals surface area contributed by atoms with E-state index in [1.54, 1.807) is 0 Å². The average molecular weight is 343 g/mol. The second-order valence-corrected chi connectivity index (χ2v) is 7.62. The van der Waals surface area contributed by atoms with Crippen LogP contribution in [0, 0.1) is 22.0 Å². The average Bonchev–Trinajstić information content (AvgIpc) is 2.54. The summed E-state index contributed by atoms with van der Waals surface area (Å²) in [6.45, 7) is 3.23. The molecule has 9 heteroatoms. The van der Waals surface area contributed by atoms with Crippen molar-refractivity contribution in [2.75, 3.05) is 26.7 Å². The summed E-state index contributed by atoms with van der Waals surface area (Å²) in [5.41, 5.74) is 5.51. The molecular formula is C14H21N3O5S. The molecule has 1 aliphatic rings. The van der Waals surface area contributed by atoms with E-state index in [4.69, 9.17) is 10.5 Å². The molecule has 1 fully saturated rings. The zero-order valence-electron chi connectivity index (χ0n) is 13.1. The van der Waals surface area contributed by atoms with E-state index < -0.39 is 14.9 Å². The standard InChI is InChI=1S/C14H21N3O5S/c1-10-5-6-16(9-11(10)8-15)23(20,21)14-4-3-12(17(18)19)7-13(14)22-2/h3-4,7,10-11H,5-6,8-9,15H2,1-2H3. The number of nitrogens with two attached hydrogens (primary N) is 1. The van der Waals surface area contributed by atoms with Crippen LogP contribution in [0.5, 0.6) is 5.75 Å². The molecule has 1 aliphatic heterocycles. The van der Waals surface area contributed by atoms with Crippen molar-refractivity contribution >= 4 is 15.7 Å². The van der Waals surface area contributed by atoms with Gasteiger partial charge in [0.15, 0.2) is 0 Å². The lowest BCUT2D eigenvalue weighted by atomic mass is 9.88. The summed E-state index contributed by atoms with van der Waals surface area (Å²) in [6, 6.07) is 3.52. The fourth-order valence-electron chi connectivity index (χ4n) is 2.76. The second kappa shape index (κ2) is 6.81. The Morgan fingerprint density at radius 3 is 2.74 bits per heavy atom. The maximum Gasteiger partial charge on any atom is 0.273 e. The molecule has 1 aromatic rings. The van der Waals surface area contributed by atoms with E-state index >= 15 is 0 Å². The molecule has 1 aromatic carbocycles. The number of methoxy groups -OCH3 is 1. The van der Waals surface area contributed by atoms with Crippen LogP contribution >= 0.6 is 0 Å². The van der Waals surface area contributed by atoms with E-state index in [0.29, 0.717) is 25.6 Å². The highest BCUT2D eigenvalue weighted by Gasteiger charge is 2.35. The van der Waals surface area contributed by atoms with Gasteiger partial charge in [-0.15, -0.1) is 0 Å². The number of hydrogen-bond acceptors (Lipinski definition) is 6. The summed E-state index contributed by atoms with van der Waals surface area (Å²) in [6.07, 6.45) is 0.733. The van der Waals surface area contributed by atoms with Crippen LogP contribution in [0.15, 0.2) is 23.1 Å². The van der Waals surface area contributed by atoms with Crippen molar-refractivity contribution < 1.29 is 18.1 Å². The van der Waals surface area contributed by atoms with Crippen molar-refractivity contribution in [3.8, 4) is 5.75 Å². The van der Waals surface area contributed by atoms with E-state index in [1.165, 1.54) is 23.5 Å². The Bertz CT molecular complexity index is 692. The third-order valence-electron chi connectivity index (χ3n) is 4.36. The van der Waals surface area contributed by atoms with Gasteiger partial charge in [0.1, 0.15) is 10.6 Å². The SMILES string of the molecule is COc1cc([N+](=O)[O-])ccc1S(=O)(=O)N1CCC(C)C(CN)C1. The number of piperidine rings is 1. The van der Waals surface area contributed by atoms with E-state index in [0.717, 1.165) is 12.5 Å². The quantitative estimate of drug-likeness (QED) is 0.634. The zero-order valence-corrected chi connectivity index (χ0v) is 14.0. The van der Waals surface area contributed by atoms with Gasteiger partial charge in [-0.1, -0.05) is 6.92 Å². The minimum atomic E-state index is -3.78. The Kier molecular flexibility index (Phi) is 5.23. The lowest BCUT2D eigenvalue weighted by Gasteiger charge is -2.35. The molecule has 0 bridgehead atoms. The number of rotatable bonds is 5. The molecule has 0 saturated carbocycles. The largest absolute Gasteiger partial charge is 0.495 e. The first-order chi connectivity index (χ1) is 10.8. The fourth-order valence-corrected chi connectivity index (χ4v) is 4.41. The predicted molar refractivity (Wildman–Crippen MR) is 84.7 cm³/mol. The van der Waals surface area contributed by atoms with Crippen molar-refractivity contribution in [3.63, 3.8) is 0 Å². The highest BCUT2D eigenvalue weighted by Crippen LogP contribution is 2.33. The van der Waals surface area contributed by atoms with Crippen LogP contribution in [0.3, 0.4) is 0 Å². The number of benzene rings is 1. The molecule has 8 nitrogen and oxygen atoms in total. The summed E-state index contributed by atoms with van der Waals surface area (Å²) in [7, 11) is -2.49. The number of non-ortho nitro benzene ring substituents is 1. The van der Waals surface area contributed by atoms with E-state index in [1.807, 2.05) is 0 Å². The predicted octanol–water partition coefficient (Wildman–Crippen LogP) is 1.21. The smallest absolute Gasteiger partial charge is 0.273 e. The van der Waals surface area contributed by atoms with Gasteiger partial charge in [-0.3, -0.25) is 10.1 Å². The number of ether oxygens (including phenoxy) is 1. The molecule has 0 amide bonds. The van der Waals surface area contributed by atoms with Crippen LogP contribution < -0.4 is 10.5 Å². The summed E-state index contributed by atoms with van der Waals surface area (Å²) < 4.78 is 32.1. The maximum absolute atomic E-state index is 12.9. The first kappa shape index (κ1) is 17.6. The molecular weight excluding hydrogens is 322 g/mol. The Balaban J connectivity index is 2.38. The Labute approximate surface area is 135 Å². The fraction of sp³-hybridized carbons (Fsp3) is 0.571. The first-order valence-corrected chi connectivity index (χ1v) is 8.78. The molecule has 2 N–H and O–H groups in total. The second-order valence-electron chi connectivity index (χ2n) is 5.72. The molecule has 0 aliphatic carbocycles. The monoisotopic (exact) mass is 343 g/mol. The first-order valence-electron chi connectivity index (χ1n) is 7.34. The van der Waals surface area contributed by atoms with E-state index in [9.17, 15) is 18.5 Å². The van der Waals surface area contributed by atoms with Gasteiger partial charge in [0.25, 0.3) is 5.69 Å². The third-order valence-corrected chi connectivity index (χ3v) is 6.26. The number of sulfonamides is 1. The van der Waals surface area contributed by atoms with Crippen molar-refractivity contribution in [3.05, 3.63) is 28.3 Å². The molecule has 1 heterocycles. The number of nitro groups is 1. The molecule has 2 atom stereocenters. The molecule has 0 radical (unpaired) electrons. The van der Waals surface area contributed by atoms with Crippen molar-refractivity contribution in [1.82, 2.24) is 4.31 Å². The van der Waals surface area contributed by atoms with Crippen molar-refractivity contribution in [1.29, 1.82) is 0 Å². The summed E-state index contributed by atoms with van der Waals surface area (Å²) in [4.78, 5) is 10.2. The third kappa shape index (κ3) is 3.46. The highest BCUT2D eigenvalue weighted by atomic mass is 32.2. The molecule has 0 spiro atoms. The molecule has 0 aromatic heterocycles. The molecule has 2 unspecified atom stereocenters. The highest BCUT2D eigenvalue weighted by molar-refractivity contribution is 7.89. The topological polar surface area (TPSA) is 116 Å². The van der Waals surface area contributed by atoms with Crippen LogP contribution in [0.4, 0.5) is 5.69 Å². The molecule has 1 saturated heterocycles. The Morgan fingerprint density at radius 2 is 2.17 bits per heavy atom. The van der Waals surface area contributed by atoms with Crippen LogP contribution in [-0.4, -0.2) is 44.4 Å². The molecule has 128 valence electrons. The van der Waals surface area contributed by atoms with Gasteiger partial charge in [-0.25, -0.2) is 8.42 Å². The van der Waals surface area contributed by atoms with Gasteiger partial charge in [0.2, 0.25) is 10.0 Å². The minimum Gasteiger partial charge on any atom is -0.495 e. The number of nitrogens with zero attached hydrogens (tertiary/aromatic N) is 2. The van der Waals surface area contributed by atoms with E-state index in [2.05, 4.69) is 6.92 Å². The van der Waals surface area contributed by atoms with Crippen LogP contribution in [0.1, 0.15) is 13.3 Å². The maximum atomic E-state index is 12.9. The summed E-state index contributed by atoms with van der Waals surface area (Å²) >= 11 is 0. The van der Waals surface area contributed by atoms with Crippen molar-refractivity contribution in [2.45, 2.75) is 18.2 Å². The number of nitro benzene ring substituents is 1. The lowest BCUT2D eigenvalue weighted by Crippen LogP contribution is -2.45. The molecule has 23 heavy (non-hydrogen) atoms. The van der Waals surface area contributed by atoms with Gasteiger partial charge >= 0.3 is 0 Å². The minimum absolute atomic E-state index is 0.0258. The van der Waals surface area contributed by atoms with Crippen LogP contribution in [0.25, 0.3) is 0 Å². The Hall–Kier alpha value is -1.71. The normalized spacial score (nSPS) is 22.7. The van der Waals surface area contributed by atoms with Gasteiger partial charge in [-0.05, 0) is 30.9 Å². The molecule has 2 rings (SSSR count). The van der Waals surface area contributed by atoms with Gasteiger partial charge in [-0.2, -0.15) is 4.31 Å². The van der Waals surface area contributed by atoms with Gasteiger partial charge in [0.05, 0.1) is 18.1 Å². The van der Waals surface area contributed by atoms with Crippen molar-refractivity contribution in [2.24, 2.45) is 17.6 Å². The Morgan fingerprint density at radius 1 is 1.48 bits per heavy atom. The van der Waals surface area contributed by atoms with E-state index in [-0.39, 0.29) is 22.3 Å². The van der Waals surface area contributed by atoms with Gasteiger partial charge in [0, 0.05) is 19.2 Å². The van der Waals surface area contributed by atoms with Crippen LogP contribution in [0.2, 0.25) is 0 Å². The van der Waals surface area contributed by atoms with Crippen LogP contribution in [-0.2, 0) is 10.0 Å². The number of hydrogen-bond donors (Lipinski definition) is 1. The summed E-state index contributed by atoms with van der Waals surface area (Å²) in [5.74, 6) is 0.440. The van der Waals surface area contributed by atoms with Gasteiger partial charge < -0.3 is 10.5 Å². The summed E-state index contributed by atoms with van der Waals surface area (Å²) in [5, 5.41) is 10.8. The lowest BCUT2D eigenvalue weighted by molar-refractivity contribution is -0.385. The zero-order chi connectivity index (χ0) is 17.2.